The molecule has 4 nitrogen and oxygen atoms in total. The van der Waals surface area contributed by atoms with Gasteiger partial charge in [-0.1, -0.05) is 45.2 Å². The van der Waals surface area contributed by atoms with Crippen LogP contribution in [0.1, 0.15) is 52.7 Å². The van der Waals surface area contributed by atoms with Gasteiger partial charge < -0.3 is 4.90 Å². The minimum atomic E-state index is -0.0921. The summed E-state index contributed by atoms with van der Waals surface area (Å²) in [5.41, 5.74) is 4.66. The average molecular weight is 333 g/mol. The van der Waals surface area contributed by atoms with E-state index in [1.807, 2.05) is 38.4 Å². The highest BCUT2D eigenvalue weighted by atomic mass is 16.2. The van der Waals surface area contributed by atoms with E-state index in [4.69, 9.17) is 0 Å². The molecule has 0 bridgehead atoms. The Morgan fingerprint density at radius 3 is 2.68 bits per heavy atom. The Morgan fingerprint density at radius 2 is 2.04 bits per heavy atom. The molecule has 1 aromatic heterocycles. The molecule has 2 aromatic rings. The molecule has 1 amide bonds. The zero-order valence-electron chi connectivity index (χ0n) is 15.2. The summed E-state index contributed by atoms with van der Waals surface area (Å²) in [7, 11) is 1.88. The second-order valence-corrected chi connectivity index (χ2v) is 7.37. The summed E-state index contributed by atoms with van der Waals surface area (Å²) in [4.78, 5) is 30.8. The van der Waals surface area contributed by atoms with Gasteiger partial charge in [0.2, 0.25) is 0 Å². The number of anilines is 1. The first-order valence-corrected chi connectivity index (χ1v) is 8.55. The van der Waals surface area contributed by atoms with Crippen molar-refractivity contribution < 1.29 is 9.59 Å². The lowest BCUT2D eigenvalue weighted by molar-refractivity contribution is 0.0980. The molecule has 1 aromatic carbocycles. The number of hydrogen-bond donors (Lipinski definition) is 0. The summed E-state index contributed by atoms with van der Waals surface area (Å²) < 4.78 is 0. The lowest BCUT2D eigenvalue weighted by atomic mass is 9.70. The van der Waals surface area contributed by atoms with Crippen molar-refractivity contribution in [3.05, 3.63) is 52.8 Å². The third-order valence-corrected chi connectivity index (χ3v) is 4.67. The Hall–Kier alpha value is -2.43. The Morgan fingerprint density at radius 1 is 1.28 bits per heavy atom. The summed E-state index contributed by atoms with van der Waals surface area (Å²) in [6.07, 6.45) is 3.26. The minimum absolute atomic E-state index is 0.0504. The smallest absolute Gasteiger partial charge is 0.260 e. The molecule has 3 rings (SSSR count). The van der Waals surface area contributed by atoms with E-state index in [9.17, 15) is 9.59 Å². The minimum Gasteiger partial charge on any atom is -0.307 e. The van der Waals surface area contributed by atoms with Gasteiger partial charge in [-0.05, 0) is 24.1 Å². The van der Waals surface area contributed by atoms with Gasteiger partial charge in [0.15, 0.2) is 6.29 Å². The summed E-state index contributed by atoms with van der Waals surface area (Å²) in [6.45, 7) is 8.79. The zero-order valence-corrected chi connectivity index (χ0v) is 15.2. The highest BCUT2D eigenvalue weighted by Crippen LogP contribution is 2.28. The Balaban J connectivity index is 2.02. The molecule has 2 heterocycles. The molecule has 0 atom stereocenters. The van der Waals surface area contributed by atoms with E-state index < -0.39 is 0 Å². The second-order valence-electron chi connectivity index (χ2n) is 7.37. The molecule has 0 saturated heterocycles. The van der Waals surface area contributed by atoms with Crippen LogP contribution in [-0.2, 0) is 11.8 Å². The van der Waals surface area contributed by atoms with Crippen LogP contribution in [0.4, 0.5) is 5.69 Å². The molecule has 127 valence electrons. The summed E-state index contributed by atoms with van der Waals surface area (Å²) >= 11 is 0. The first-order valence-electron chi connectivity index (χ1n) is 8.55. The van der Waals surface area contributed by atoms with Gasteiger partial charge in [-0.2, -0.15) is 0 Å². The van der Waals surface area contributed by atoms with Gasteiger partial charge in [0.05, 0.1) is 11.3 Å². The van der Waals surface area contributed by atoms with Gasteiger partial charge in [0, 0.05) is 29.4 Å². The maximum absolute atomic E-state index is 13.0. The molecule has 1 aliphatic rings. The first kappa shape index (κ1) is 17.4. The van der Waals surface area contributed by atoms with E-state index in [1.165, 1.54) is 0 Å². The molecule has 5 heteroatoms. The molecule has 0 spiro atoms. The van der Waals surface area contributed by atoms with Crippen LogP contribution < -0.4 is 10.4 Å². The monoisotopic (exact) mass is 333 g/mol. The molecule has 1 aliphatic heterocycles. The molecule has 0 saturated carbocycles. The number of carbonyl (C=O) groups excluding carboxylic acids is 2. The van der Waals surface area contributed by atoms with Crippen LogP contribution in [-0.4, -0.2) is 31.0 Å². The van der Waals surface area contributed by atoms with Crippen LogP contribution in [0.25, 0.3) is 0 Å². The molecular formula is C20H22BN2O2. The van der Waals surface area contributed by atoms with Crippen molar-refractivity contribution in [1.82, 2.24) is 4.98 Å². The predicted octanol–water partition coefficient (Wildman–Crippen LogP) is 2.77. The Kier molecular flexibility index (Phi) is 4.50. The van der Waals surface area contributed by atoms with E-state index in [0.29, 0.717) is 23.4 Å². The maximum atomic E-state index is 13.0. The van der Waals surface area contributed by atoms with Gasteiger partial charge in [-0.15, -0.1) is 0 Å². The predicted molar refractivity (Wildman–Crippen MR) is 101 cm³/mol. The quantitative estimate of drug-likeness (QED) is 0.641. The Bertz CT molecular complexity index is 840. The van der Waals surface area contributed by atoms with E-state index in [1.54, 1.807) is 11.1 Å². The number of fused-ring (bicyclic) bond motifs is 1. The van der Waals surface area contributed by atoms with Crippen molar-refractivity contribution in [2.24, 2.45) is 0 Å². The van der Waals surface area contributed by atoms with Crippen molar-refractivity contribution >= 4 is 30.6 Å². The maximum Gasteiger partial charge on any atom is 0.260 e. The molecular weight excluding hydrogens is 311 g/mol. The van der Waals surface area contributed by atoms with Crippen LogP contribution in [0, 0.1) is 0 Å². The summed E-state index contributed by atoms with van der Waals surface area (Å²) in [5, 5.41) is 0. The highest BCUT2D eigenvalue weighted by molar-refractivity contribution is 6.54. The van der Waals surface area contributed by atoms with Gasteiger partial charge in [-0.3, -0.25) is 14.6 Å². The SMILES string of the molecule is C[B]c1cccc(N2CCc3cc(C(C)(C)C)ncc3C2=O)c1C=O. The fourth-order valence-electron chi connectivity index (χ4n) is 3.20. The van der Waals surface area contributed by atoms with Crippen LogP contribution in [0.5, 0.6) is 0 Å². The van der Waals surface area contributed by atoms with Crippen molar-refractivity contribution in [3.63, 3.8) is 0 Å². The Labute approximate surface area is 149 Å². The van der Waals surface area contributed by atoms with Gasteiger partial charge in [0.25, 0.3) is 5.91 Å². The normalized spacial score (nSPS) is 14.2. The standard InChI is InChI=1S/C20H22BN2O2/c1-20(2,3)18-10-13-8-9-23(19(25)14(13)11-22-18)17-7-5-6-16(21-4)15(17)12-24/h5-7,10-12H,8-9H2,1-4H3. The molecule has 25 heavy (non-hydrogen) atoms. The number of aldehydes is 1. The first-order chi connectivity index (χ1) is 11.9. The van der Waals surface area contributed by atoms with Crippen molar-refractivity contribution in [2.75, 3.05) is 11.4 Å². The van der Waals surface area contributed by atoms with Gasteiger partial charge >= 0.3 is 0 Å². The third kappa shape index (κ3) is 3.11. The summed E-state index contributed by atoms with van der Waals surface area (Å²) in [5.74, 6) is -0.0921. The molecule has 0 unspecified atom stereocenters. The van der Waals surface area contributed by atoms with Gasteiger partial charge in [0.1, 0.15) is 7.28 Å². The summed E-state index contributed by atoms with van der Waals surface area (Å²) in [6, 6.07) is 7.63. The number of amides is 1. The fourth-order valence-corrected chi connectivity index (χ4v) is 3.20. The fraction of sp³-hybridized carbons (Fsp3) is 0.350. The number of nitrogens with zero attached hydrogens (tertiary/aromatic N) is 2. The van der Waals surface area contributed by atoms with E-state index in [-0.39, 0.29) is 11.3 Å². The molecule has 0 aliphatic carbocycles. The third-order valence-electron chi connectivity index (χ3n) is 4.67. The topological polar surface area (TPSA) is 50.3 Å². The average Bonchev–Trinajstić information content (AvgIpc) is 2.60. The van der Waals surface area contributed by atoms with Crippen LogP contribution >= 0.6 is 0 Å². The van der Waals surface area contributed by atoms with Crippen molar-refractivity contribution in [3.8, 4) is 0 Å². The lowest BCUT2D eigenvalue weighted by Gasteiger charge is -2.31. The van der Waals surface area contributed by atoms with Crippen LogP contribution in [0.3, 0.4) is 0 Å². The van der Waals surface area contributed by atoms with Gasteiger partial charge in [-0.25, -0.2) is 0 Å². The second kappa shape index (κ2) is 6.47. The van der Waals surface area contributed by atoms with E-state index >= 15 is 0 Å². The van der Waals surface area contributed by atoms with E-state index in [0.717, 1.165) is 29.4 Å². The number of pyridine rings is 1. The number of hydrogen-bond acceptors (Lipinski definition) is 3. The number of rotatable bonds is 3. The van der Waals surface area contributed by atoms with Crippen molar-refractivity contribution in [1.29, 1.82) is 0 Å². The highest BCUT2D eigenvalue weighted by Gasteiger charge is 2.29. The molecule has 0 N–H and O–H groups in total. The largest absolute Gasteiger partial charge is 0.307 e. The number of aromatic nitrogens is 1. The number of carbonyl (C=O) groups is 2. The number of benzene rings is 1. The van der Waals surface area contributed by atoms with Crippen LogP contribution in [0.15, 0.2) is 30.5 Å². The van der Waals surface area contributed by atoms with E-state index in [2.05, 4.69) is 25.8 Å². The molecule has 1 radical (unpaired) electrons. The lowest BCUT2D eigenvalue weighted by Crippen LogP contribution is -2.39. The zero-order chi connectivity index (χ0) is 18.2. The molecule has 0 fully saturated rings. The van der Waals surface area contributed by atoms with Crippen molar-refractivity contribution in [2.45, 2.75) is 39.4 Å². The van der Waals surface area contributed by atoms with Crippen LogP contribution in [0.2, 0.25) is 6.82 Å².